The number of aryl methyl sites for hydroxylation is 2. The molecule has 2 aliphatic rings. The number of nitrogens with zero attached hydrogens (tertiary/aromatic N) is 1. The number of nitrogens with one attached hydrogen (secondary N) is 3. The summed E-state index contributed by atoms with van der Waals surface area (Å²) in [5.74, 6) is 0.323. The minimum atomic E-state index is -0.644. The molecule has 6 rings (SSSR count). The Morgan fingerprint density at radius 1 is 1.03 bits per heavy atom. The predicted octanol–water partition coefficient (Wildman–Crippen LogP) is 5.96. The molecular formula is C31H33N5O3. The minimum absolute atomic E-state index is 0.146. The normalized spacial score (nSPS) is 17.8. The van der Waals surface area contributed by atoms with Gasteiger partial charge in [-0.05, 0) is 89.9 Å². The van der Waals surface area contributed by atoms with Crippen LogP contribution in [-0.2, 0) is 16.0 Å². The lowest BCUT2D eigenvalue weighted by Crippen LogP contribution is -2.36. The van der Waals surface area contributed by atoms with E-state index in [1.165, 1.54) is 0 Å². The van der Waals surface area contributed by atoms with Crippen LogP contribution in [0.3, 0.4) is 0 Å². The molecule has 200 valence electrons. The number of carbonyl (C=O) groups excluding carboxylic acids is 2. The van der Waals surface area contributed by atoms with Crippen molar-refractivity contribution >= 4 is 40.0 Å². The Labute approximate surface area is 228 Å². The number of hydrogen-bond acceptors (Lipinski definition) is 6. The molecule has 2 amide bonds. The summed E-state index contributed by atoms with van der Waals surface area (Å²) in [6.07, 6.45) is 2.43. The average molecular weight is 524 g/mol. The first-order valence-electron chi connectivity index (χ1n) is 13.2. The molecule has 8 heteroatoms. The lowest BCUT2D eigenvalue weighted by Gasteiger charge is -2.26. The molecule has 3 heterocycles. The molecule has 0 saturated heterocycles. The van der Waals surface area contributed by atoms with Gasteiger partial charge in [0.15, 0.2) is 0 Å². The maximum absolute atomic E-state index is 14.0. The summed E-state index contributed by atoms with van der Waals surface area (Å²) in [6, 6.07) is 18.4. The Balaban J connectivity index is 1.57. The number of carbonyl (C=O) groups is 2. The van der Waals surface area contributed by atoms with Gasteiger partial charge < -0.3 is 21.1 Å². The second-order valence-electron chi connectivity index (χ2n) is 9.95. The number of benzene rings is 3. The van der Waals surface area contributed by atoms with E-state index in [0.29, 0.717) is 24.3 Å². The summed E-state index contributed by atoms with van der Waals surface area (Å²) in [6.45, 7) is 6.32. The standard InChI is InChI=1S/C31H33N5O3/c1-4-27-21-6-5-7-23(17-21)35-31(38)39-13-11-25-18(2)14-22(15-19(25)3)28(30(37)36-27)34-24-8-9-26-20(16-24)10-12-33-29(26)32/h5-10,12,14-17,27-28,34H,4,11,13H2,1-3H3,(H2,32,33)(H,35,38)(H,36,37)/t27?,28-/m1/s1. The van der Waals surface area contributed by atoms with Crippen LogP contribution >= 0.6 is 0 Å². The molecule has 0 saturated carbocycles. The van der Waals surface area contributed by atoms with E-state index in [9.17, 15) is 9.59 Å². The Hall–Kier alpha value is -4.59. The molecule has 2 atom stereocenters. The number of nitrogens with two attached hydrogens (primary N) is 1. The third kappa shape index (κ3) is 5.65. The fourth-order valence-electron chi connectivity index (χ4n) is 5.25. The van der Waals surface area contributed by atoms with E-state index >= 15 is 0 Å². The first-order valence-corrected chi connectivity index (χ1v) is 13.2. The van der Waals surface area contributed by atoms with Crippen LogP contribution in [0.5, 0.6) is 0 Å². The average Bonchev–Trinajstić information content (AvgIpc) is 2.91. The van der Waals surface area contributed by atoms with E-state index in [1.807, 2.05) is 75.4 Å². The molecule has 0 aliphatic carbocycles. The van der Waals surface area contributed by atoms with Gasteiger partial charge in [0.25, 0.3) is 0 Å². The van der Waals surface area contributed by atoms with E-state index in [-0.39, 0.29) is 18.6 Å². The van der Waals surface area contributed by atoms with Crippen molar-refractivity contribution in [1.29, 1.82) is 0 Å². The minimum Gasteiger partial charge on any atom is -0.449 e. The van der Waals surface area contributed by atoms with Gasteiger partial charge in [-0.2, -0.15) is 0 Å². The molecule has 3 aromatic carbocycles. The predicted molar refractivity (Wildman–Crippen MR) is 155 cm³/mol. The highest BCUT2D eigenvalue weighted by Crippen LogP contribution is 2.30. The van der Waals surface area contributed by atoms with Crippen LogP contribution in [0.4, 0.5) is 22.0 Å². The molecule has 4 bridgehead atoms. The molecule has 8 nitrogen and oxygen atoms in total. The van der Waals surface area contributed by atoms with Gasteiger partial charge in [-0.1, -0.05) is 31.2 Å². The Bertz CT molecular complexity index is 1530. The Morgan fingerprint density at radius 3 is 2.59 bits per heavy atom. The van der Waals surface area contributed by atoms with Crippen molar-refractivity contribution in [1.82, 2.24) is 10.3 Å². The largest absolute Gasteiger partial charge is 0.449 e. The molecule has 0 fully saturated rings. The zero-order valence-electron chi connectivity index (χ0n) is 22.4. The van der Waals surface area contributed by atoms with Crippen LogP contribution in [0.2, 0.25) is 0 Å². The van der Waals surface area contributed by atoms with Crippen LogP contribution in [0.25, 0.3) is 10.8 Å². The smallest absolute Gasteiger partial charge is 0.411 e. The van der Waals surface area contributed by atoms with Crippen molar-refractivity contribution in [2.45, 2.75) is 45.7 Å². The van der Waals surface area contributed by atoms with Crippen LogP contribution in [0, 0.1) is 13.8 Å². The molecule has 5 N–H and O–H groups in total. The molecule has 0 radical (unpaired) electrons. The van der Waals surface area contributed by atoms with Gasteiger partial charge in [0.1, 0.15) is 11.9 Å². The first-order chi connectivity index (χ1) is 18.8. The summed E-state index contributed by atoms with van der Waals surface area (Å²) in [7, 11) is 0. The van der Waals surface area contributed by atoms with Gasteiger partial charge in [-0.15, -0.1) is 0 Å². The molecule has 1 unspecified atom stereocenters. The number of anilines is 3. The molecular weight excluding hydrogens is 490 g/mol. The summed E-state index contributed by atoms with van der Waals surface area (Å²) in [4.78, 5) is 30.5. The maximum Gasteiger partial charge on any atom is 0.411 e. The monoisotopic (exact) mass is 523 g/mol. The van der Waals surface area contributed by atoms with Gasteiger partial charge in [0.2, 0.25) is 5.91 Å². The number of nitrogen functional groups attached to an aromatic ring is 1. The van der Waals surface area contributed by atoms with E-state index < -0.39 is 12.1 Å². The number of pyridine rings is 1. The number of rotatable bonds is 3. The topological polar surface area (TPSA) is 118 Å². The number of hydrogen-bond donors (Lipinski definition) is 4. The van der Waals surface area contributed by atoms with Crippen LogP contribution in [0.15, 0.2) is 66.9 Å². The van der Waals surface area contributed by atoms with Crippen molar-refractivity contribution in [3.8, 4) is 0 Å². The van der Waals surface area contributed by atoms with Crippen molar-refractivity contribution < 1.29 is 14.3 Å². The van der Waals surface area contributed by atoms with E-state index in [2.05, 4.69) is 20.9 Å². The SMILES string of the molecule is CCC1NC(=O)[C@H](Nc2ccc3c(N)nccc3c2)c2cc(C)c(c(C)c2)CCOC(=O)Nc2cccc1c2. The lowest BCUT2D eigenvalue weighted by atomic mass is 9.93. The number of ether oxygens (including phenoxy) is 1. The van der Waals surface area contributed by atoms with Crippen molar-refractivity contribution in [2.75, 3.05) is 23.0 Å². The summed E-state index contributed by atoms with van der Waals surface area (Å²) in [5, 5.41) is 11.3. The van der Waals surface area contributed by atoms with E-state index in [4.69, 9.17) is 10.5 Å². The second-order valence-corrected chi connectivity index (χ2v) is 9.95. The van der Waals surface area contributed by atoms with E-state index in [0.717, 1.165) is 44.3 Å². The second kappa shape index (κ2) is 11.0. The molecule has 0 spiro atoms. The van der Waals surface area contributed by atoms with Crippen LogP contribution in [0.1, 0.15) is 53.2 Å². The molecule has 2 aliphatic heterocycles. The van der Waals surface area contributed by atoms with Crippen molar-refractivity contribution in [3.63, 3.8) is 0 Å². The van der Waals surface area contributed by atoms with Gasteiger partial charge in [-0.3, -0.25) is 10.1 Å². The number of fused-ring (bicyclic) bond motifs is 10. The lowest BCUT2D eigenvalue weighted by molar-refractivity contribution is -0.122. The molecule has 39 heavy (non-hydrogen) atoms. The number of aromatic nitrogens is 1. The highest BCUT2D eigenvalue weighted by molar-refractivity contribution is 5.94. The van der Waals surface area contributed by atoms with Gasteiger partial charge in [0, 0.05) is 29.4 Å². The van der Waals surface area contributed by atoms with Crippen molar-refractivity contribution in [3.05, 3.63) is 94.7 Å². The highest BCUT2D eigenvalue weighted by atomic mass is 16.5. The summed E-state index contributed by atoms with van der Waals surface area (Å²) >= 11 is 0. The zero-order chi connectivity index (χ0) is 27.5. The maximum atomic E-state index is 14.0. The van der Waals surface area contributed by atoms with Gasteiger partial charge in [-0.25, -0.2) is 9.78 Å². The van der Waals surface area contributed by atoms with Gasteiger partial charge >= 0.3 is 6.09 Å². The summed E-state index contributed by atoms with van der Waals surface area (Å²) < 4.78 is 5.47. The fraction of sp³-hybridized carbons (Fsp3) is 0.258. The third-order valence-electron chi connectivity index (χ3n) is 7.27. The fourth-order valence-corrected chi connectivity index (χ4v) is 5.25. The Kier molecular flexibility index (Phi) is 7.36. The van der Waals surface area contributed by atoms with Gasteiger partial charge in [0.05, 0.1) is 12.6 Å². The Morgan fingerprint density at radius 2 is 1.82 bits per heavy atom. The molecule has 4 aromatic rings. The zero-order valence-corrected chi connectivity index (χ0v) is 22.4. The van der Waals surface area contributed by atoms with Crippen LogP contribution < -0.4 is 21.7 Å². The quantitative estimate of drug-likeness (QED) is 0.263. The first kappa shape index (κ1) is 26.0. The molecule has 1 aromatic heterocycles. The van der Waals surface area contributed by atoms with Crippen LogP contribution in [-0.4, -0.2) is 23.6 Å². The third-order valence-corrected chi connectivity index (χ3v) is 7.27. The van der Waals surface area contributed by atoms with Crippen molar-refractivity contribution in [2.24, 2.45) is 0 Å². The number of amides is 2. The summed E-state index contributed by atoms with van der Waals surface area (Å²) in [5.41, 5.74) is 12.4. The highest BCUT2D eigenvalue weighted by Gasteiger charge is 2.25. The van der Waals surface area contributed by atoms with E-state index in [1.54, 1.807) is 12.3 Å².